The summed E-state index contributed by atoms with van der Waals surface area (Å²) in [6, 6.07) is 18.2. The number of thiophene rings is 1. The summed E-state index contributed by atoms with van der Waals surface area (Å²) in [6.07, 6.45) is -3.80. The van der Waals surface area contributed by atoms with Crippen LogP contribution in [-0.2, 0) is 13.2 Å². The van der Waals surface area contributed by atoms with Gasteiger partial charge in [-0.25, -0.2) is 0 Å². The van der Waals surface area contributed by atoms with Crippen molar-refractivity contribution in [2.24, 2.45) is 12.8 Å². The largest absolute Gasteiger partial charge is 0.497 e. The van der Waals surface area contributed by atoms with Crippen LogP contribution in [0.5, 0.6) is 11.5 Å². The fraction of sp³-hybridized carbons (Fsp3) is 0.394. The molecule has 2 aliphatic rings. The molecule has 14 heteroatoms. The van der Waals surface area contributed by atoms with E-state index in [0.717, 1.165) is 50.8 Å². The molecule has 3 N–H and O–H groups in total. The highest BCUT2D eigenvalue weighted by molar-refractivity contribution is 7.99. The average Bonchev–Trinajstić information content (AvgIpc) is 3.70. The first-order valence-electron chi connectivity index (χ1n) is 15.1. The Kier molecular flexibility index (Phi) is 10.4. The molecule has 1 fully saturated rings. The van der Waals surface area contributed by atoms with E-state index in [1.807, 2.05) is 61.2 Å². The minimum absolute atomic E-state index is 0.0178. The number of piperazine rings is 1. The van der Waals surface area contributed by atoms with E-state index < -0.39 is 17.5 Å². The number of carbonyl (C=O) groups is 1. The summed E-state index contributed by atoms with van der Waals surface area (Å²) in [5, 5.41) is 4.07. The highest BCUT2D eigenvalue weighted by atomic mass is 32.2. The van der Waals surface area contributed by atoms with Gasteiger partial charge in [-0.2, -0.15) is 18.3 Å². The summed E-state index contributed by atoms with van der Waals surface area (Å²) in [4.78, 5) is 18.4. The second kappa shape index (κ2) is 14.2. The number of anilines is 1. The van der Waals surface area contributed by atoms with Crippen molar-refractivity contribution >= 4 is 34.9 Å². The molecule has 252 valence electrons. The van der Waals surface area contributed by atoms with Crippen molar-refractivity contribution in [2.45, 2.75) is 42.3 Å². The molecule has 4 aromatic rings. The monoisotopic (exact) mass is 688 g/mol. The number of aromatic nitrogens is 2. The van der Waals surface area contributed by atoms with Crippen LogP contribution in [-0.4, -0.2) is 66.5 Å². The minimum Gasteiger partial charge on any atom is -0.497 e. The highest BCUT2D eigenvalue weighted by Crippen LogP contribution is 2.43. The molecule has 0 spiro atoms. The number of hydrogen-bond acceptors (Lipinski definition) is 9. The van der Waals surface area contributed by atoms with E-state index in [1.54, 1.807) is 13.2 Å². The number of aryl methyl sites for hydroxylation is 1. The molecule has 1 saturated heterocycles. The fourth-order valence-electron chi connectivity index (χ4n) is 5.75. The van der Waals surface area contributed by atoms with Crippen molar-refractivity contribution in [1.29, 1.82) is 0 Å². The summed E-state index contributed by atoms with van der Waals surface area (Å²) < 4.78 is 56.7. The molecule has 47 heavy (non-hydrogen) atoms. The van der Waals surface area contributed by atoms with Crippen LogP contribution in [0.1, 0.15) is 47.9 Å². The van der Waals surface area contributed by atoms with Gasteiger partial charge in [0.1, 0.15) is 28.5 Å². The van der Waals surface area contributed by atoms with Crippen LogP contribution in [0.25, 0.3) is 10.6 Å². The predicted octanol–water partition coefficient (Wildman–Crippen LogP) is 6.61. The Morgan fingerprint density at radius 2 is 1.83 bits per heavy atom. The molecule has 1 amide bonds. The predicted molar refractivity (Wildman–Crippen MR) is 180 cm³/mol. The number of hydrogen-bond donors (Lipinski definition) is 2. The first-order valence-corrected chi connectivity index (χ1v) is 16.8. The summed E-state index contributed by atoms with van der Waals surface area (Å²) in [6.45, 7) is 6.71. The molecule has 2 aromatic carbocycles. The second-order valence-corrected chi connectivity index (χ2v) is 13.9. The smallest absolute Gasteiger partial charge is 0.433 e. The number of nitrogens with two attached hydrogens (primary N) is 1. The normalized spacial score (nSPS) is 17.3. The number of amides is 1. The van der Waals surface area contributed by atoms with Crippen LogP contribution in [0.3, 0.4) is 0 Å². The lowest BCUT2D eigenvalue weighted by atomic mass is 9.89. The van der Waals surface area contributed by atoms with Gasteiger partial charge in [0.25, 0.3) is 5.91 Å². The van der Waals surface area contributed by atoms with Crippen LogP contribution in [0.4, 0.5) is 18.9 Å². The van der Waals surface area contributed by atoms with E-state index >= 15 is 0 Å². The SMILES string of the molecule is CN.COc1cccc(N2CCN(C(=O)c3ccc4c(c3)C(NSc3ccc(-c5cc(C(F)(F)F)n(C)n5)s3)CC(C)(C)O4)CC2)c1. The Morgan fingerprint density at radius 1 is 1.09 bits per heavy atom. The number of rotatable bonds is 7. The van der Waals surface area contributed by atoms with Crippen LogP contribution in [0.15, 0.2) is 64.9 Å². The van der Waals surface area contributed by atoms with Gasteiger partial charge in [-0.3, -0.25) is 14.2 Å². The van der Waals surface area contributed by atoms with Gasteiger partial charge in [-0.05, 0) is 81.4 Å². The second-order valence-electron chi connectivity index (χ2n) is 11.7. The van der Waals surface area contributed by atoms with Crippen molar-refractivity contribution in [3.05, 3.63) is 77.5 Å². The van der Waals surface area contributed by atoms with Gasteiger partial charge in [-0.15, -0.1) is 11.3 Å². The Hall–Kier alpha value is -3.72. The Morgan fingerprint density at radius 3 is 2.51 bits per heavy atom. The molecule has 0 aliphatic carbocycles. The molecule has 1 atom stereocenters. The molecule has 6 rings (SSSR count). The first-order chi connectivity index (χ1) is 22.4. The molecule has 0 bridgehead atoms. The molecular formula is C33H39F3N6O3S2. The van der Waals surface area contributed by atoms with Gasteiger partial charge >= 0.3 is 6.18 Å². The van der Waals surface area contributed by atoms with Crippen molar-refractivity contribution in [3.8, 4) is 22.1 Å². The summed E-state index contributed by atoms with van der Waals surface area (Å²) >= 11 is 2.78. The third-order valence-corrected chi connectivity index (χ3v) is 10.1. The molecule has 1 unspecified atom stereocenters. The highest BCUT2D eigenvalue weighted by Gasteiger charge is 2.36. The quantitative estimate of drug-likeness (QED) is 0.210. The van der Waals surface area contributed by atoms with E-state index in [2.05, 4.69) is 26.5 Å². The topological polar surface area (TPSA) is 97.9 Å². The van der Waals surface area contributed by atoms with E-state index in [-0.39, 0.29) is 17.6 Å². The van der Waals surface area contributed by atoms with Gasteiger partial charge < -0.3 is 25.0 Å². The number of alkyl halides is 3. The Balaban J connectivity index is 0.00000213. The molecular weight excluding hydrogens is 650 g/mol. The van der Waals surface area contributed by atoms with E-state index in [9.17, 15) is 18.0 Å². The third kappa shape index (κ3) is 7.88. The number of benzene rings is 2. The van der Waals surface area contributed by atoms with Crippen molar-refractivity contribution in [1.82, 2.24) is 19.4 Å². The Bertz CT molecular complexity index is 1700. The number of nitrogens with one attached hydrogen (secondary N) is 1. The number of fused-ring (bicyclic) bond motifs is 1. The van der Waals surface area contributed by atoms with Gasteiger partial charge in [-0.1, -0.05) is 6.07 Å². The zero-order chi connectivity index (χ0) is 33.9. The van der Waals surface area contributed by atoms with Crippen LogP contribution >= 0.6 is 23.3 Å². The van der Waals surface area contributed by atoms with E-state index in [1.165, 1.54) is 37.4 Å². The maximum atomic E-state index is 13.6. The van der Waals surface area contributed by atoms with Crippen molar-refractivity contribution in [3.63, 3.8) is 0 Å². The minimum atomic E-state index is -4.47. The van der Waals surface area contributed by atoms with Crippen LogP contribution in [0, 0.1) is 0 Å². The van der Waals surface area contributed by atoms with Crippen LogP contribution in [0.2, 0.25) is 0 Å². The lowest BCUT2D eigenvalue weighted by Crippen LogP contribution is -2.48. The van der Waals surface area contributed by atoms with E-state index in [0.29, 0.717) is 30.0 Å². The zero-order valence-electron chi connectivity index (χ0n) is 26.9. The van der Waals surface area contributed by atoms with Crippen LogP contribution < -0.4 is 24.8 Å². The standard InChI is InChI=1S/C32H34F3N5O3S2.CH5N/c1-31(2)19-25(37-45-29-11-10-27(44-29)24-18-28(32(33,34)35)38(3)36-24)23-16-20(8-9-26(23)43-31)30(41)40-14-12-39(13-15-40)21-6-5-7-22(17-21)42-4;1-2/h5-11,16-18,25,37H,12-15,19H2,1-4H3;2H2,1H3. The van der Waals surface area contributed by atoms with Gasteiger partial charge in [0.15, 0.2) is 0 Å². The fourth-order valence-corrected chi connectivity index (χ4v) is 7.62. The lowest BCUT2D eigenvalue weighted by Gasteiger charge is -2.38. The molecule has 4 heterocycles. The average molecular weight is 689 g/mol. The van der Waals surface area contributed by atoms with Gasteiger partial charge in [0.05, 0.1) is 16.2 Å². The number of halogens is 3. The Labute approximate surface area is 281 Å². The maximum absolute atomic E-state index is 13.6. The summed E-state index contributed by atoms with van der Waals surface area (Å²) in [5.41, 5.74) is 6.15. The first kappa shape index (κ1) is 34.6. The molecule has 9 nitrogen and oxygen atoms in total. The molecule has 0 radical (unpaired) electrons. The third-order valence-electron chi connectivity index (χ3n) is 8.01. The van der Waals surface area contributed by atoms with Crippen molar-refractivity contribution in [2.75, 3.05) is 45.2 Å². The van der Waals surface area contributed by atoms with E-state index in [4.69, 9.17) is 9.47 Å². The zero-order valence-corrected chi connectivity index (χ0v) is 28.6. The number of carbonyl (C=O) groups excluding carboxylic acids is 1. The summed E-state index contributed by atoms with van der Waals surface area (Å²) in [7, 11) is 4.45. The summed E-state index contributed by atoms with van der Waals surface area (Å²) in [5.74, 6) is 1.51. The van der Waals surface area contributed by atoms with Gasteiger partial charge in [0.2, 0.25) is 0 Å². The molecule has 2 aromatic heterocycles. The maximum Gasteiger partial charge on any atom is 0.433 e. The van der Waals surface area contributed by atoms with Crippen molar-refractivity contribution < 1.29 is 27.4 Å². The molecule has 0 saturated carbocycles. The molecule has 2 aliphatic heterocycles. The number of ether oxygens (including phenoxy) is 2. The number of nitrogens with zero attached hydrogens (tertiary/aromatic N) is 4. The lowest BCUT2D eigenvalue weighted by molar-refractivity contribution is -0.143. The number of methoxy groups -OCH3 is 1. The van der Waals surface area contributed by atoms with Gasteiger partial charge in [0, 0.05) is 68.6 Å².